The zero-order chi connectivity index (χ0) is 15.6. The highest BCUT2D eigenvalue weighted by Crippen LogP contribution is 2.32. The second kappa shape index (κ2) is 5.71. The van der Waals surface area contributed by atoms with Crippen molar-refractivity contribution < 1.29 is 24.0 Å². The largest absolute Gasteiger partial charge is 0.478 e. The number of pyridine rings is 1. The molecule has 0 fully saturated rings. The van der Waals surface area contributed by atoms with E-state index < -0.39 is 28.1 Å². The molecule has 0 spiro atoms. The molecule has 0 bridgehead atoms. The van der Waals surface area contributed by atoms with E-state index in [1.54, 1.807) is 0 Å². The molecule has 1 aromatic heterocycles. The highest BCUT2D eigenvalue weighted by Gasteiger charge is 2.18. The van der Waals surface area contributed by atoms with Crippen LogP contribution in [0.1, 0.15) is 10.4 Å². The lowest BCUT2D eigenvalue weighted by molar-refractivity contribution is -0.385. The number of halogens is 2. The second-order valence-electron chi connectivity index (χ2n) is 3.78. The molecule has 0 radical (unpaired) electrons. The first-order valence-corrected chi connectivity index (χ1v) is 5.77. The predicted molar refractivity (Wildman–Crippen MR) is 69.3 cm³/mol. The Hall–Kier alpha value is -2.74. The van der Waals surface area contributed by atoms with Crippen LogP contribution in [0.4, 0.5) is 10.1 Å². The van der Waals surface area contributed by atoms with Crippen LogP contribution in [0.25, 0.3) is 0 Å². The summed E-state index contributed by atoms with van der Waals surface area (Å²) in [4.78, 5) is 24.7. The number of nitrogens with zero attached hydrogens (tertiary/aromatic N) is 2. The number of nitro groups is 1. The van der Waals surface area contributed by atoms with Crippen molar-refractivity contribution in [1.29, 1.82) is 0 Å². The van der Waals surface area contributed by atoms with Gasteiger partial charge in [0, 0.05) is 18.2 Å². The third-order valence-electron chi connectivity index (χ3n) is 2.39. The summed E-state index contributed by atoms with van der Waals surface area (Å²) in [6.45, 7) is 0. The van der Waals surface area contributed by atoms with Gasteiger partial charge in [0.25, 0.3) is 0 Å². The zero-order valence-corrected chi connectivity index (χ0v) is 10.9. The average molecular weight is 313 g/mol. The first-order valence-electron chi connectivity index (χ1n) is 5.39. The van der Waals surface area contributed by atoms with Crippen LogP contribution in [-0.2, 0) is 0 Å². The molecule has 0 saturated carbocycles. The molecule has 0 aliphatic rings. The Morgan fingerprint density at radius 2 is 2.14 bits per heavy atom. The summed E-state index contributed by atoms with van der Waals surface area (Å²) in [5.41, 5.74) is -0.772. The molecule has 0 unspecified atom stereocenters. The van der Waals surface area contributed by atoms with Crippen LogP contribution < -0.4 is 4.74 Å². The maximum absolute atomic E-state index is 13.1. The standard InChI is InChI=1S/C12H6ClFN2O5/c13-8-5-15-11(4-7(8)12(17)18)21-10-3-6(14)1-2-9(10)16(19)20/h1-5H,(H,17,18). The van der Waals surface area contributed by atoms with Crippen molar-refractivity contribution in [3.8, 4) is 11.6 Å². The fourth-order valence-corrected chi connectivity index (χ4v) is 1.66. The van der Waals surface area contributed by atoms with Gasteiger partial charge in [-0.1, -0.05) is 11.6 Å². The lowest BCUT2D eigenvalue weighted by Gasteiger charge is -2.07. The van der Waals surface area contributed by atoms with Crippen molar-refractivity contribution in [3.63, 3.8) is 0 Å². The zero-order valence-electron chi connectivity index (χ0n) is 10.1. The number of carbonyl (C=O) groups is 1. The predicted octanol–water partition coefficient (Wildman–Crippen LogP) is 3.27. The molecule has 0 aliphatic carbocycles. The van der Waals surface area contributed by atoms with Gasteiger partial charge < -0.3 is 9.84 Å². The van der Waals surface area contributed by atoms with Gasteiger partial charge in [-0.15, -0.1) is 0 Å². The lowest BCUT2D eigenvalue weighted by Crippen LogP contribution is -2.00. The Labute approximate surface area is 121 Å². The molecule has 0 aliphatic heterocycles. The minimum Gasteiger partial charge on any atom is -0.478 e. The Balaban J connectivity index is 2.43. The summed E-state index contributed by atoms with van der Waals surface area (Å²) in [6.07, 6.45) is 1.02. The fraction of sp³-hybridized carbons (Fsp3) is 0. The van der Waals surface area contributed by atoms with Crippen LogP contribution in [0.15, 0.2) is 30.5 Å². The van der Waals surface area contributed by atoms with E-state index in [0.29, 0.717) is 0 Å². The Morgan fingerprint density at radius 3 is 2.76 bits per heavy atom. The smallest absolute Gasteiger partial charge is 0.337 e. The highest BCUT2D eigenvalue weighted by atomic mass is 35.5. The van der Waals surface area contributed by atoms with Gasteiger partial charge >= 0.3 is 11.7 Å². The molecule has 1 N–H and O–H groups in total. The normalized spacial score (nSPS) is 10.2. The van der Waals surface area contributed by atoms with Crippen LogP contribution in [0.5, 0.6) is 11.6 Å². The average Bonchev–Trinajstić information content (AvgIpc) is 2.40. The number of hydrogen-bond acceptors (Lipinski definition) is 5. The summed E-state index contributed by atoms with van der Waals surface area (Å²) in [7, 11) is 0. The third kappa shape index (κ3) is 3.23. The number of nitro benzene ring substituents is 1. The molecule has 108 valence electrons. The molecule has 2 aromatic rings. The maximum atomic E-state index is 13.1. The number of ether oxygens (including phenoxy) is 1. The van der Waals surface area contributed by atoms with Gasteiger partial charge in [-0.3, -0.25) is 10.1 Å². The van der Waals surface area contributed by atoms with Crippen LogP contribution in [-0.4, -0.2) is 21.0 Å². The van der Waals surface area contributed by atoms with E-state index in [2.05, 4.69) is 4.98 Å². The number of rotatable bonds is 4. The molecule has 21 heavy (non-hydrogen) atoms. The monoisotopic (exact) mass is 312 g/mol. The van der Waals surface area contributed by atoms with E-state index in [1.165, 1.54) is 0 Å². The van der Waals surface area contributed by atoms with Gasteiger partial charge in [0.05, 0.1) is 21.7 Å². The van der Waals surface area contributed by atoms with Crippen LogP contribution in [0, 0.1) is 15.9 Å². The van der Waals surface area contributed by atoms with Gasteiger partial charge in [-0.2, -0.15) is 0 Å². The van der Waals surface area contributed by atoms with E-state index in [-0.39, 0.29) is 16.5 Å². The first-order chi connectivity index (χ1) is 9.88. The number of carboxylic acids is 1. The fourth-order valence-electron chi connectivity index (χ4n) is 1.47. The topological polar surface area (TPSA) is 103 Å². The van der Waals surface area contributed by atoms with Gasteiger partial charge in [0.2, 0.25) is 11.6 Å². The minimum absolute atomic E-state index is 0.122. The number of carboxylic acid groups (broad SMARTS) is 1. The number of aromatic nitrogens is 1. The van der Waals surface area contributed by atoms with E-state index >= 15 is 0 Å². The molecule has 0 saturated heterocycles. The van der Waals surface area contributed by atoms with E-state index in [1.807, 2.05) is 0 Å². The molecule has 1 aromatic carbocycles. The molecule has 9 heteroatoms. The highest BCUT2D eigenvalue weighted by molar-refractivity contribution is 6.33. The number of aromatic carboxylic acids is 1. The summed E-state index contributed by atoms with van der Waals surface area (Å²) < 4.78 is 18.2. The molecule has 1 heterocycles. The first kappa shape index (κ1) is 14.7. The van der Waals surface area contributed by atoms with Gasteiger partial charge in [0.1, 0.15) is 5.82 Å². The van der Waals surface area contributed by atoms with Gasteiger partial charge in [0.15, 0.2) is 0 Å². The van der Waals surface area contributed by atoms with Crippen LogP contribution in [0.3, 0.4) is 0 Å². The Bertz CT molecular complexity index is 738. The molecular weight excluding hydrogens is 307 g/mol. The Morgan fingerprint density at radius 1 is 1.43 bits per heavy atom. The van der Waals surface area contributed by atoms with Crippen molar-refractivity contribution >= 4 is 23.3 Å². The maximum Gasteiger partial charge on any atom is 0.337 e. The lowest BCUT2D eigenvalue weighted by atomic mass is 10.2. The quantitative estimate of drug-likeness (QED) is 0.686. The Kier molecular flexibility index (Phi) is 3.99. The van der Waals surface area contributed by atoms with Crippen molar-refractivity contribution in [2.24, 2.45) is 0 Å². The summed E-state index contributed by atoms with van der Waals surface area (Å²) in [6, 6.07) is 3.62. The van der Waals surface area contributed by atoms with Crippen LogP contribution >= 0.6 is 11.6 Å². The van der Waals surface area contributed by atoms with Crippen LogP contribution in [0.2, 0.25) is 5.02 Å². The second-order valence-corrected chi connectivity index (χ2v) is 4.19. The molecule has 0 atom stereocenters. The minimum atomic E-state index is -1.32. The van der Waals surface area contributed by atoms with E-state index in [9.17, 15) is 19.3 Å². The van der Waals surface area contributed by atoms with Crippen molar-refractivity contribution in [3.05, 3.63) is 57.0 Å². The number of hydrogen-bond donors (Lipinski definition) is 1. The van der Waals surface area contributed by atoms with E-state index in [4.69, 9.17) is 21.4 Å². The summed E-state index contributed by atoms with van der Waals surface area (Å²) >= 11 is 5.63. The van der Waals surface area contributed by atoms with Gasteiger partial charge in [-0.25, -0.2) is 14.2 Å². The molecular formula is C12H6ClFN2O5. The van der Waals surface area contributed by atoms with Crippen molar-refractivity contribution in [2.75, 3.05) is 0 Å². The molecule has 0 amide bonds. The summed E-state index contributed by atoms with van der Waals surface area (Å²) in [5, 5.41) is 19.6. The van der Waals surface area contributed by atoms with E-state index in [0.717, 1.165) is 30.5 Å². The SMILES string of the molecule is O=C(O)c1cc(Oc2cc(F)ccc2[N+](=O)[O-])ncc1Cl. The third-order valence-corrected chi connectivity index (χ3v) is 2.69. The molecule has 2 rings (SSSR count). The molecule has 7 nitrogen and oxygen atoms in total. The van der Waals surface area contributed by atoms with Crippen molar-refractivity contribution in [2.45, 2.75) is 0 Å². The number of benzene rings is 1. The summed E-state index contributed by atoms with van der Waals surface area (Å²) in [5.74, 6) is -2.72. The van der Waals surface area contributed by atoms with Gasteiger partial charge in [-0.05, 0) is 6.07 Å². The van der Waals surface area contributed by atoms with Crippen molar-refractivity contribution in [1.82, 2.24) is 4.98 Å².